The van der Waals surface area contributed by atoms with Crippen LogP contribution in [0.25, 0.3) is 16.9 Å². The molecule has 0 aliphatic carbocycles. The second kappa shape index (κ2) is 6.77. The van der Waals surface area contributed by atoms with Crippen molar-refractivity contribution in [1.29, 1.82) is 0 Å². The maximum Gasteiger partial charge on any atom is 0.197 e. The van der Waals surface area contributed by atoms with Gasteiger partial charge >= 0.3 is 0 Å². The number of fused-ring (bicyclic) bond motifs is 1. The normalized spacial score (nSPS) is 11.0. The molecule has 0 saturated heterocycles. The van der Waals surface area contributed by atoms with Gasteiger partial charge in [-0.3, -0.25) is 0 Å². The molecule has 0 fully saturated rings. The van der Waals surface area contributed by atoms with E-state index in [1.165, 1.54) is 12.1 Å². The minimum atomic E-state index is -1.23. The molecule has 0 bridgehead atoms. The van der Waals surface area contributed by atoms with Crippen LogP contribution < -0.4 is 10.4 Å². The van der Waals surface area contributed by atoms with Crippen LogP contribution in [0.2, 0.25) is 0 Å². The van der Waals surface area contributed by atoms with E-state index in [2.05, 4.69) is 10.4 Å². The zero-order valence-electron chi connectivity index (χ0n) is 15.7. The highest BCUT2D eigenvalue weighted by molar-refractivity contribution is 5.88. The molecule has 0 aliphatic rings. The van der Waals surface area contributed by atoms with E-state index in [9.17, 15) is 9.90 Å². The maximum absolute atomic E-state index is 11.2. The topological polar surface area (TPSA) is 95.8 Å². The van der Waals surface area contributed by atoms with E-state index in [0.717, 1.165) is 28.0 Å². The number of aromatic carboxylic acids is 1. The summed E-state index contributed by atoms with van der Waals surface area (Å²) in [5, 5.41) is 19.0. The highest BCUT2D eigenvalue weighted by Gasteiger charge is 2.15. The third-order valence-corrected chi connectivity index (χ3v) is 4.49. The van der Waals surface area contributed by atoms with Gasteiger partial charge in [0.15, 0.2) is 11.6 Å². The van der Waals surface area contributed by atoms with Crippen molar-refractivity contribution in [2.75, 3.05) is 5.32 Å². The van der Waals surface area contributed by atoms with Gasteiger partial charge in [-0.15, -0.1) is 0 Å². The zero-order chi connectivity index (χ0) is 19.8. The summed E-state index contributed by atoms with van der Waals surface area (Å²) in [6, 6.07) is 14.3. The van der Waals surface area contributed by atoms with Gasteiger partial charge in [0.2, 0.25) is 0 Å². The van der Waals surface area contributed by atoms with Crippen molar-refractivity contribution in [2.45, 2.75) is 20.8 Å². The van der Waals surface area contributed by atoms with E-state index >= 15 is 0 Å². The fraction of sp³-hybridized carbons (Fsp3) is 0.143. The average molecular weight is 372 g/mol. The zero-order valence-corrected chi connectivity index (χ0v) is 15.7. The number of aryl methyl sites for hydroxylation is 3. The Bertz CT molecular complexity index is 1210. The van der Waals surface area contributed by atoms with Crippen molar-refractivity contribution < 1.29 is 9.90 Å². The Hall–Kier alpha value is -3.74. The Morgan fingerprint density at radius 3 is 2.36 bits per heavy atom. The van der Waals surface area contributed by atoms with Crippen LogP contribution in [0, 0.1) is 20.8 Å². The number of hydrogen-bond donors (Lipinski definition) is 1. The van der Waals surface area contributed by atoms with E-state index in [-0.39, 0.29) is 5.56 Å². The Balaban J connectivity index is 1.90. The summed E-state index contributed by atoms with van der Waals surface area (Å²) in [5.41, 5.74) is 4.85. The molecule has 7 nitrogen and oxygen atoms in total. The summed E-state index contributed by atoms with van der Waals surface area (Å²) in [5.74, 6) is -0.197. The molecule has 2 aromatic carbocycles. The van der Waals surface area contributed by atoms with Gasteiger partial charge in [-0.2, -0.15) is 5.10 Å². The smallest absolute Gasteiger partial charge is 0.197 e. The fourth-order valence-corrected chi connectivity index (χ4v) is 3.08. The van der Waals surface area contributed by atoms with Gasteiger partial charge in [-0.05, 0) is 56.2 Å². The van der Waals surface area contributed by atoms with E-state index in [0.29, 0.717) is 17.3 Å². The Morgan fingerprint density at radius 1 is 1.00 bits per heavy atom. The monoisotopic (exact) mass is 372 g/mol. The molecule has 7 heteroatoms. The summed E-state index contributed by atoms with van der Waals surface area (Å²) in [6.07, 6.45) is 0. The first kappa shape index (κ1) is 17.7. The molecule has 4 aromatic rings. The van der Waals surface area contributed by atoms with Crippen LogP contribution in [-0.4, -0.2) is 25.7 Å². The molecule has 28 heavy (non-hydrogen) atoms. The summed E-state index contributed by atoms with van der Waals surface area (Å²) in [6.45, 7) is 5.75. The van der Waals surface area contributed by atoms with Crippen molar-refractivity contribution in [1.82, 2.24) is 19.7 Å². The van der Waals surface area contributed by atoms with Crippen molar-refractivity contribution in [2.24, 2.45) is 0 Å². The molecule has 2 heterocycles. The predicted molar refractivity (Wildman–Crippen MR) is 105 cm³/mol. The van der Waals surface area contributed by atoms with E-state index in [4.69, 9.17) is 9.97 Å². The number of benzene rings is 2. The highest BCUT2D eigenvalue weighted by Crippen LogP contribution is 2.27. The van der Waals surface area contributed by atoms with Gasteiger partial charge in [0.25, 0.3) is 0 Å². The number of hydrogen-bond acceptors (Lipinski definition) is 6. The number of para-hydroxylation sites is 2. The lowest BCUT2D eigenvalue weighted by molar-refractivity contribution is -0.255. The van der Waals surface area contributed by atoms with E-state index in [1.807, 2.05) is 51.1 Å². The second-order valence-corrected chi connectivity index (χ2v) is 6.67. The molecule has 1 N–H and O–H groups in total. The Labute approximate surface area is 161 Å². The molecule has 0 spiro atoms. The molecule has 0 radical (unpaired) electrons. The SMILES string of the molecule is Cc1cc(C)n(-c2nc3ccccc3nc2Nc2cc(C(=O)[O-])ccc2C)n1. The largest absolute Gasteiger partial charge is 0.545 e. The average Bonchev–Trinajstić information content (AvgIpc) is 3.00. The lowest BCUT2D eigenvalue weighted by Gasteiger charge is -2.15. The third-order valence-electron chi connectivity index (χ3n) is 4.49. The minimum absolute atomic E-state index is 0.0921. The van der Waals surface area contributed by atoms with Gasteiger partial charge in [0.05, 0.1) is 22.7 Å². The number of rotatable bonds is 4. The lowest BCUT2D eigenvalue weighted by Crippen LogP contribution is -2.22. The number of carboxylic acid groups (broad SMARTS) is 1. The van der Waals surface area contributed by atoms with E-state index in [1.54, 1.807) is 10.7 Å². The van der Waals surface area contributed by atoms with Crippen LogP contribution in [-0.2, 0) is 0 Å². The Morgan fingerprint density at radius 2 is 1.71 bits per heavy atom. The Kier molecular flexibility index (Phi) is 4.27. The number of aromatic nitrogens is 4. The molecular formula is C21H18N5O2-. The molecule has 4 rings (SSSR count). The van der Waals surface area contributed by atoms with Gasteiger partial charge in [0.1, 0.15) is 0 Å². The van der Waals surface area contributed by atoms with E-state index < -0.39 is 5.97 Å². The first-order valence-corrected chi connectivity index (χ1v) is 8.82. The lowest BCUT2D eigenvalue weighted by atomic mass is 10.1. The van der Waals surface area contributed by atoms with Gasteiger partial charge in [-0.1, -0.05) is 24.3 Å². The second-order valence-electron chi connectivity index (χ2n) is 6.67. The highest BCUT2D eigenvalue weighted by atomic mass is 16.4. The molecule has 0 atom stereocenters. The van der Waals surface area contributed by atoms with Crippen LogP contribution in [0.3, 0.4) is 0 Å². The molecule has 2 aromatic heterocycles. The first-order valence-electron chi connectivity index (χ1n) is 8.82. The van der Waals surface area contributed by atoms with Crippen LogP contribution in [0.5, 0.6) is 0 Å². The molecular weight excluding hydrogens is 354 g/mol. The summed E-state index contributed by atoms with van der Waals surface area (Å²) in [7, 11) is 0. The predicted octanol–water partition coefficient (Wildman–Crippen LogP) is 2.85. The molecule has 0 amide bonds. The molecule has 0 aliphatic heterocycles. The quantitative estimate of drug-likeness (QED) is 0.592. The number of nitrogens with one attached hydrogen (secondary N) is 1. The van der Waals surface area contributed by atoms with Crippen molar-refractivity contribution in [3.8, 4) is 5.82 Å². The number of carbonyl (C=O) groups excluding carboxylic acids is 1. The molecule has 140 valence electrons. The van der Waals surface area contributed by atoms with Gasteiger partial charge < -0.3 is 15.2 Å². The first-order chi connectivity index (χ1) is 13.4. The minimum Gasteiger partial charge on any atom is -0.545 e. The number of nitrogens with zero attached hydrogens (tertiary/aromatic N) is 4. The fourth-order valence-electron chi connectivity index (χ4n) is 3.08. The maximum atomic E-state index is 11.2. The molecule has 0 saturated carbocycles. The summed E-state index contributed by atoms with van der Waals surface area (Å²) in [4.78, 5) is 20.7. The third kappa shape index (κ3) is 3.18. The number of carboxylic acids is 1. The van der Waals surface area contributed by atoms with Gasteiger partial charge in [-0.25, -0.2) is 14.6 Å². The van der Waals surface area contributed by atoms with Crippen LogP contribution in [0.4, 0.5) is 11.5 Å². The van der Waals surface area contributed by atoms with Crippen molar-refractivity contribution in [3.05, 3.63) is 71.0 Å². The standard InChI is InChI=1S/C21H19N5O2/c1-12-8-9-15(21(27)28)11-18(12)23-19-20(26-14(3)10-13(2)25-26)24-17-7-5-4-6-16(17)22-19/h4-11H,1-3H3,(H,22,23)(H,27,28)/p-1. The summed E-state index contributed by atoms with van der Waals surface area (Å²) >= 11 is 0. The number of anilines is 2. The number of carbonyl (C=O) groups is 1. The van der Waals surface area contributed by atoms with Crippen LogP contribution >= 0.6 is 0 Å². The van der Waals surface area contributed by atoms with Crippen molar-refractivity contribution in [3.63, 3.8) is 0 Å². The van der Waals surface area contributed by atoms with Crippen LogP contribution in [0.1, 0.15) is 27.3 Å². The van der Waals surface area contributed by atoms with Gasteiger partial charge in [0, 0.05) is 11.4 Å². The van der Waals surface area contributed by atoms with Crippen LogP contribution in [0.15, 0.2) is 48.5 Å². The summed E-state index contributed by atoms with van der Waals surface area (Å²) < 4.78 is 1.73. The molecule has 0 unspecified atom stereocenters. The van der Waals surface area contributed by atoms with Crippen molar-refractivity contribution >= 4 is 28.5 Å².